The summed E-state index contributed by atoms with van der Waals surface area (Å²) in [6, 6.07) is 19.0. The highest BCUT2D eigenvalue weighted by molar-refractivity contribution is 5.52. The Labute approximate surface area is 94.8 Å². The van der Waals surface area contributed by atoms with Gasteiger partial charge in [0.15, 0.2) is 0 Å². The topological polar surface area (TPSA) is 12.4 Å². The minimum Gasteiger partial charge on any atom is -0.280 e. The van der Waals surface area contributed by atoms with Gasteiger partial charge in [0, 0.05) is 5.22 Å². The summed E-state index contributed by atoms with van der Waals surface area (Å²) in [5, 5.41) is 2.47. The first kappa shape index (κ1) is 9.34. The van der Waals surface area contributed by atoms with E-state index in [4.69, 9.17) is 0 Å². The Hall–Kier alpha value is -1.89. The Morgan fingerprint density at radius 3 is 2.50 bits per heavy atom. The lowest BCUT2D eigenvalue weighted by atomic mass is 10.0. The molecule has 0 saturated carbocycles. The van der Waals surface area contributed by atoms with E-state index in [2.05, 4.69) is 53.5 Å². The molecule has 0 fully saturated rings. The maximum Gasteiger partial charge on any atom is 0.0650 e. The van der Waals surface area contributed by atoms with Crippen LogP contribution in [0.1, 0.15) is 5.56 Å². The number of nitrogens with zero attached hydrogens (tertiary/aromatic N) is 1. The first-order valence-corrected chi connectivity index (χ1v) is 5.59. The van der Waals surface area contributed by atoms with Crippen molar-refractivity contribution in [3.8, 4) is 0 Å². The van der Waals surface area contributed by atoms with Crippen LogP contribution in [0.4, 0.5) is 0 Å². The Kier molecular flexibility index (Phi) is 2.30. The molecule has 2 aromatic rings. The van der Waals surface area contributed by atoms with Crippen molar-refractivity contribution in [1.82, 2.24) is 0 Å². The van der Waals surface area contributed by atoms with Gasteiger partial charge < -0.3 is 0 Å². The van der Waals surface area contributed by atoms with Crippen LogP contribution in [0.2, 0.25) is 0 Å². The SMILES string of the molecule is c1ccc(CC2=c3ccccc3=NC2)cc1. The summed E-state index contributed by atoms with van der Waals surface area (Å²) >= 11 is 0. The molecule has 0 N–H and O–H groups in total. The van der Waals surface area contributed by atoms with Gasteiger partial charge in [-0.15, -0.1) is 0 Å². The normalized spacial score (nSPS) is 13.4. The third-order valence-electron chi connectivity index (χ3n) is 2.99. The fourth-order valence-electron chi connectivity index (χ4n) is 2.17. The number of rotatable bonds is 2. The third-order valence-corrected chi connectivity index (χ3v) is 2.99. The Morgan fingerprint density at radius 2 is 1.62 bits per heavy atom. The molecule has 0 spiro atoms. The molecule has 0 aliphatic carbocycles. The summed E-state index contributed by atoms with van der Waals surface area (Å²) in [5.41, 5.74) is 2.80. The molecule has 2 aromatic carbocycles. The summed E-state index contributed by atoms with van der Waals surface area (Å²) < 4.78 is 0. The van der Waals surface area contributed by atoms with E-state index in [9.17, 15) is 0 Å². The van der Waals surface area contributed by atoms with Crippen molar-refractivity contribution in [1.29, 1.82) is 0 Å². The highest BCUT2D eigenvalue weighted by Gasteiger charge is 2.06. The predicted molar refractivity (Wildman–Crippen MR) is 65.6 cm³/mol. The van der Waals surface area contributed by atoms with Crippen LogP contribution in [0.3, 0.4) is 0 Å². The zero-order valence-corrected chi connectivity index (χ0v) is 9.06. The monoisotopic (exact) mass is 207 g/mol. The average molecular weight is 207 g/mol. The third kappa shape index (κ3) is 1.65. The van der Waals surface area contributed by atoms with Crippen LogP contribution in [0.5, 0.6) is 0 Å². The number of benzene rings is 2. The molecule has 1 aliphatic rings. The van der Waals surface area contributed by atoms with Gasteiger partial charge in [-0.05, 0) is 23.6 Å². The molecule has 3 rings (SSSR count). The lowest BCUT2D eigenvalue weighted by Crippen LogP contribution is -2.22. The average Bonchev–Trinajstić information content (AvgIpc) is 2.74. The molecule has 0 atom stereocenters. The molecule has 0 unspecified atom stereocenters. The van der Waals surface area contributed by atoms with E-state index in [0.717, 1.165) is 18.3 Å². The second-order valence-corrected chi connectivity index (χ2v) is 4.10. The number of hydrogen-bond acceptors (Lipinski definition) is 1. The fraction of sp³-hybridized carbons (Fsp3) is 0.133. The highest BCUT2D eigenvalue weighted by Crippen LogP contribution is 2.08. The van der Waals surface area contributed by atoms with Crippen LogP contribution in [0.25, 0.3) is 5.57 Å². The Morgan fingerprint density at radius 1 is 0.875 bits per heavy atom. The second-order valence-electron chi connectivity index (χ2n) is 4.10. The molecule has 0 amide bonds. The second kappa shape index (κ2) is 3.93. The number of hydrogen-bond donors (Lipinski definition) is 0. The molecule has 0 radical (unpaired) electrons. The van der Waals surface area contributed by atoms with E-state index < -0.39 is 0 Å². The van der Waals surface area contributed by atoms with Crippen molar-refractivity contribution in [3.05, 3.63) is 70.7 Å². The van der Waals surface area contributed by atoms with Crippen LogP contribution >= 0.6 is 0 Å². The maximum absolute atomic E-state index is 4.54. The molecule has 16 heavy (non-hydrogen) atoms. The van der Waals surface area contributed by atoms with Crippen molar-refractivity contribution in [2.24, 2.45) is 4.99 Å². The molecule has 1 heteroatoms. The van der Waals surface area contributed by atoms with Crippen LogP contribution in [0, 0.1) is 0 Å². The minimum atomic E-state index is 0.855. The van der Waals surface area contributed by atoms with E-state index in [1.165, 1.54) is 16.4 Å². The molecule has 1 aliphatic heterocycles. The van der Waals surface area contributed by atoms with Crippen LogP contribution in [-0.4, -0.2) is 6.54 Å². The standard InChI is InChI=1S/C15H13N/c1-2-6-12(7-3-1)10-13-11-16-15-9-5-4-8-14(13)15/h1-9H,10-11H2. The minimum absolute atomic E-state index is 0.855. The van der Waals surface area contributed by atoms with Crippen LogP contribution < -0.4 is 10.6 Å². The lowest BCUT2D eigenvalue weighted by Gasteiger charge is -2.01. The van der Waals surface area contributed by atoms with Crippen molar-refractivity contribution in [2.45, 2.75) is 6.42 Å². The van der Waals surface area contributed by atoms with Gasteiger partial charge in [-0.25, -0.2) is 0 Å². The van der Waals surface area contributed by atoms with E-state index >= 15 is 0 Å². The zero-order valence-electron chi connectivity index (χ0n) is 9.06. The van der Waals surface area contributed by atoms with Crippen molar-refractivity contribution in [2.75, 3.05) is 6.54 Å². The van der Waals surface area contributed by atoms with Gasteiger partial charge >= 0.3 is 0 Å². The summed E-state index contributed by atoms with van der Waals surface area (Å²) in [4.78, 5) is 4.54. The Bertz CT molecular complexity index is 611. The van der Waals surface area contributed by atoms with Gasteiger partial charge in [-0.2, -0.15) is 0 Å². The van der Waals surface area contributed by atoms with Gasteiger partial charge in [0.2, 0.25) is 0 Å². The van der Waals surface area contributed by atoms with Gasteiger partial charge in [0.1, 0.15) is 0 Å². The van der Waals surface area contributed by atoms with Crippen LogP contribution in [-0.2, 0) is 6.42 Å². The van der Waals surface area contributed by atoms with Gasteiger partial charge in [0.25, 0.3) is 0 Å². The van der Waals surface area contributed by atoms with Crippen molar-refractivity contribution in [3.63, 3.8) is 0 Å². The van der Waals surface area contributed by atoms with Crippen molar-refractivity contribution >= 4 is 5.57 Å². The largest absolute Gasteiger partial charge is 0.280 e. The molecule has 1 nitrogen and oxygen atoms in total. The number of fused-ring (bicyclic) bond motifs is 1. The first-order valence-electron chi connectivity index (χ1n) is 5.59. The first-order chi connectivity index (χ1) is 7.93. The quantitative estimate of drug-likeness (QED) is 0.711. The fourth-order valence-corrected chi connectivity index (χ4v) is 2.17. The smallest absolute Gasteiger partial charge is 0.0650 e. The van der Waals surface area contributed by atoms with Gasteiger partial charge in [-0.3, -0.25) is 4.99 Å². The van der Waals surface area contributed by atoms with E-state index in [0.29, 0.717) is 0 Å². The Balaban J connectivity index is 2.03. The predicted octanol–water partition coefficient (Wildman–Crippen LogP) is 1.71. The molecular weight excluding hydrogens is 194 g/mol. The summed E-state index contributed by atoms with van der Waals surface area (Å²) in [5.74, 6) is 0. The molecule has 0 saturated heterocycles. The highest BCUT2D eigenvalue weighted by atomic mass is 14.7. The summed E-state index contributed by atoms with van der Waals surface area (Å²) in [6.07, 6.45) is 1.02. The van der Waals surface area contributed by atoms with E-state index in [1.807, 2.05) is 6.07 Å². The van der Waals surface area contributed by atoms with Crippen LogP contribution in [0.15, 0.2) is 59.6 Å². The molecule has 1 heterocycles. The maximum atomic E-state index is 4.54. The van der Waals surface area contributed by atoms with E-state index in [1.54, 1.807) is 0 Å². The number of para-hydroxylation sites is 1. The zero-order chi connectivity index (χ0) is 10.8. The van der Waals surface area contributed by atoms with Gasteiger partial charge in [-0.1, -0.05) is 48.5 Å². The molecule has 0 bridgehead atoms. The molecule has 78 valence electrons. The lowest BCUT2D eigenvalue weighted by molar-refractivity contribution is 1.15. The summed E-state index contributed by atoms with van der Waals surface area (Å²) in [7, 11) is 0. The van der Waals surface area contributed by atoms with Gasteiger partial charge in [0.05, 0.1) is 11.9 Å². The van der Waals surface area contributed by atoms with E-state index in [-0.39, 0.29) is 0 Å². The summed E-state index contributed by atoms with van der Waals surface area (Å²) in [6.45, 7) is 0.855. The molecular formula is C15H13N. The molecule has 0 aromatic heterocycles. The van der Waals surface area contributed by atoms with Crippen molar-refractivity contribution < 1.29 is 0 Å².